The van der Waals surface area contributed by atoms with Gasteiger partial charge in [-0.15, -0.1) is 0 Å². The van der Waals surface area contributed by atoms with Crippen LogP contribution in [0.5, 0.6) is 0 Å². The van der Waals surface area contributed by atoms with Crippen molar-refractivity contribution in [3.05, 3.63) is 6.92 Å². The van der Waals surface area contributed by atoms with Gasteiger partial charge in [-0.1, -0.05) is 0 Å². The van der Waals surface area contributed by atoms with Crippen molar-refractivity contribution >= 4 is 0 Å². The summed E-state index contributed by atoms with van der Waals surface area (Å²) in [6.45, 7) is 6.42. The topological polar surface area (TPSA) is 18.5 Å². The predicted molar refractivity (Wildman–Crippen MR) is 30.0 cm³/mol. The summed E-state index contributed by atoms with van der Waals surface area (Å²) in [6, 6.07) is 0. The molecule has 0 aromatic rings. The van der Waals surface area contributed by atoms with E-state index in [0.717, 1.165) is 12.8 Å². The number of hydrogen-bond acceptors (Lipinski definition) is 2. The minimum absolute atomic E-state index is 0.293. The fourth-order valence-corrected chi connectivity index (χ4v) is 0.731. The van der Waals surface area contributed by atoms with Crippen LogP contribution in [0.4, 0.5) is 0 Å². The van der Waals surface area contributed by atoms with Crippen LogP contribution < -0.4 is 0 Å². The summed E-state index contributed by atoms with van der Waals surface area (Å²) in [4.78, 5) is 9.58. The lowest BCUT2D eigenvalue weighted by atomic mass is 10.0. The lowest BCUT2D eigenvalue weighted by Crippen LogP contribution is -2.29. The van der Waals surface area contributed by atoms with Crippen LogP contribution in [0.3, 0.4) is 0 Å². The highest BCUT2D eigenvalue weighted by Gasteiger charge is 2.22. The van der Waals surface area contributed by atoms with Crippen molar-refractivity contribution in [1.82, 2.24) is 0 Å². The summed E-state index contributed by atoms with van der Waals surface area (Å²) >= 11 is 0. The van der Waals surface area contributed by atoms with Gasteiger partial charge in [0.1, 0.15) is 5.60 Å². The Morgan fingerprint density at radius 1 is 1.62 bits per heavy atom. The number of rotatable bonds is 0. The molecule has 0 aromatic heterocycles. The molecule has 1 atom stereocenters. The minimum Gasteiger partial charge on any atom is -0.236 e. The van der Waals surface area contributed by atoms with E-state index < -0.39 is 0 Å². The molecule has 1 heterocycles. The van der Waals surface area contributed by atoms with Gasteiger partial charge in [-0.2, -0.15) is 0 Å². The van der Waals surface area contributed by atoms with Crippen LogP contribution in [0.2, 0.25) is 0 Å². The third-order valence-corrected chi connectivity index (χ3v) is 1.19. The van der Waals surface area contributed by atoms with E-state index >= 15 is 0 Å². The number of hydrogen-bond donors (Lipinski definition) is 0. The van der Waals surface area contributed by atoms with Gasteiger partial charge < -0.3 is 0 Å². The SMILES string of the molecule is [CH2]C1(C)CCCOO1. The van der Waals surface area contributed by atoms with Crippen LogP contribution >= 0.6 is 0 Å². The molecule has 47 valence electrons. The molecule has 1 unspecified atom stereocenters. The summed E-state index contributed by atoms with van der Waals surface area (Å²) in [5, 5.41) is 0. The lowest BCUT2D eigenvalue weighted by molar-refractivity contribution is -0.366. The largest absolute Gasteiger partial charge is 0.236 e. The molecule has 0 aliphatic carbocycles. The van der Waals surface area contributed by atoms with Gasteiger partial charge in [0.05, 0.1) is 6.61 Å². The fourth-order valence-electron chi connectivity index (χ4n) is 0.731. The maximum atomic E-state index is 4.85. The molecule has 1 aliphatic rings. The molecular weight excluding hydrogens is 104 g/mol. The first-order valence-electron chi connectivity index (χ1n) is 2.87. The summed E-state index contributed by atoms with van der Waals surface area (Å²) in [5.74, 6) is 0. The third kappa shape index (κ3) is 1.46. The molecule has 0 spiro atoms. The van der Waals surface area contributed by atoms with Crippen LogP contribution in [0.15, 0.2) is 0 Å². The van der Waals surface area contributed by atoms with Crippen LogP contribution in [-0.2, 0) is 9.78 Å². The van der Waals surface area contributed by atoms with E-state index in [9.17, 15) is 0 Å². The normalized spacial score (nSPS) is 27.8. The summed E-state index contributed by atoms with van der Waals surface area (Å²) in [5.41, 5.74) is -0.293. The smallest absolute Gasteiger partial charge is 0.101 e. The molecule has 8 heavy (non-hydrogen) atoms. The van der Waals surface area contributed by atoms with E-state index in [1.54, 1.807) is 0 Å². The molecule has 1 saturated heterocycles. The van der Waals surface area contributed by atoms with Gasteiger partial charge in [0.15, 0.2) is 0 Å². The van der Waals surface area contributed by atoms with Crippen molar-refractivity contribution in [2.75, 3.05) is 6.61 Å². The first-order chi connectivity index (χ1) is 3.71. The van der Waals surface area contributed by atoms with E-state index in [1.165, 1.54) is 0 Å². The van der Waals surface area contributed by atoms with Crippen molar-refractivity contribution in [3.63, 3.8) is 0 Å². The Hall–Kier alpha value is -0.0800. The Morgan fingerprint density at radius 3 is 2.62 bits per heavy atom. The molecule has 1 fully saturated rings. The van der Waals surface area contributed by atoms with Gasteiger partial charge in [-0.25, -0.2) is 9.78 Å². The fraction of sp³-hybridized carbons (Fsp3) is 0.833. The zero-order valence-corrected chi connectivity index (χ0v) is 5.14. The monoisotopic (exact) mass is 115 g/mol. The van der Waals surface area contributed by atoms with Gasteiger partial charge in [0.25, 0.3) is 0 Å². The third-order valence-electron chi connectivity index (χ3n) is 1.19. The van der Waals surface area contributed by atoms with Crippen molar-refractivity contribution in [2.24, 2.45) is 0 Å². The minimum atomic E-state index is -0.293. The molecule has 2 nitrogen and oxygen atoms in total. The molecule has 1 radical (unpaired) electrons. The molecule has 2 heteroatoms. The molecule has 1 aliphatic heterocycles. The second-order valence-corrected chi connectivity index (χ2v) is 2.46. The van der Waals surface area contributed by atoms with Crippen LogP contribution in [0, 0.1) is 6.92 Å². The maximum absolute atomic E-state index is 4.85. The zero-order valence-electron chi connectivity index (χ0n) is 5.14. The Morgan fingerprint density at radius 2 is 2.38 bits per heavy atom. The molecule has 0 N–H and O–H groups in total. The van der Waals surface area contributed by atoms with Gasteiger partial charge in [0.2, 0.25) is 0 Å². The van der Waals surface area contributed by atoms with Crippen molar-refractivity contribution < 1.29 is 9.78 Å². The van der Waals surface area contributed by atoms with Gasteiger partial charge in [0, 0.05) is 0 Å². The van der Waals surface area contributed by atoms with Crippen LogP contribution in [0.1, 0.15) is 19.8 Å². The first kappa shape index (κ1) is 6.05. The molecular formula is C6H11O2. The van der Waals surface area contributed by atoms with E-state index in [0.29, 0.717) is 6.61 Å². The highest BCUT2D eigenvalue weighted by Crippen LogP contribution is 2.20. The second-order valence-electron chi connectivity index (χ2n) is 2.46. The van der Waals surface area contributed by atoms with Crippen LogP contribution in [0.25, 0.3) is 0 Å². The van der Waals surface area contributed by atoms with E-state index in [4.69, 9.17) is 9.78 Å². The average Bonchev–Trinajstić information content (AvgIpc) is 1.65. The van der Waals surface area contributed by atoms with E-state index in [2.05, 4.69) is 6.92 Å². The van der Waals surface area contributed by atoms with Gasteiger partial charge >= 0.3 is 0 Å². The van der Waals surface area contributed by atoms with Crippen molar-refractivity contribution in [2.45, 2.75) is 25.4 Å². The lowest BCUT2D eigenvalue weighted by Gasteiger charge is -2.27. The Labute approximate surface area is 49.7 Å². The van der Waals surface area contributed by atoms with E-state index in [1.807, 2.05) is 6.92 Å². The van der Waals surface area contributed by atoms with Crippen molar-refractivity contribution in [1.29, 1.82) is 0 Å². The zero-order chi connectivity index (χ0) is 6.04. The standard InChI is InChI=1S/C6H11O2/c1-6(2)4-3-5-7-8-6/h1,3-5H2,2H3. The Bertz CT molecular complexity index is 70.6. The molecule has 0 aromatic carbocycles. The summed E-state index contributed by atoms with van der Waals surface area (Å²) in [6.07, 6.45) is 2.05. The molecule has 0 bridgehead atoms. The summed E-state index contributed by atoms with van der Waals surface area (Å²) < 4.78 is 0. The maximum Gasteiger partial charge on any atom is 0.101 e. The molecule has 0 saturated carbocycles. The quantitative estimate of drug-likeness (QED) is 0.443. The van der Waals surface area contributed by atoms with Gasteiger partial charge in [-0.05, 0) is 26.7 Å². The van der Waals surface area contributed by atoms with Gasteiger partial charge in [-0.3, -0.25) is 0 Å². The first-order valence-corrected chi connectivity index (χ1v) is 2.87. The predicted octanol–water partition coefficient (Wildman–Crippen LogP) is 1.32. The molecule has 0 amide bonds. The second kappa shape index (κ2) is 2.03. The highest BCUT2D eigenvalue weighted by atomic mass is 17.2. The molecule has 1 rings (SSSR count). The van der Waals surface area contributed by atoms with Crippen molar-refractivity contribution in [3.8, 4) is 0 Å². The highest BCUT2D eigenvalue weighted by molar-refractivity contribution is 4.77. The van der Waals surface area contributed by atoms with E-state index in [-0.39, 0.29) is 5.60 Å². The van der Waals surface area contributed by atoms with Crippen LogP contribution in [-0.4, -0.2) is 12.2 Å². The Balaban J connectivity index is 2.33. The average molecular weight is 115 g/mol. The Kier molecular flexibility index (Phi) is 1.54. The summed E-state index contributed by atoms with van der Waals surface area (Å²) in [7, 11) is 0.